The van der Waals surface area contributed by atoms with Gasteiger partial charge in [-0.3, -0.25) is 4.99 Å². The van der Waals surface area contributed by atoms with Gasteiger partial charge in [-0.05, 0) is 45.9 Å². The maximum Gasteiger partial charge on any atom is 0.240 e. The smallest absolute Gasteiger partial charge is 0.240 e. The highest BCUT2D eigenvalue weighted by Gasteiger charge is 2.15. The van der Waals surface area contributed by atoms with E-state index < -0.39 is 10.0 Å². The molecule has 0 aliphatic carbocycles. The summed E-state index contributed by atoms with van der Waals surface area (Å²) < 4.78 is 33.2. The molecule has 0 aromatic heterocycles. The number of aliphatic imine (C=N–C) groups is 1. The Labute approximate surface area is 180 Å². The van der Waals surface area contributed by atoms with Crippen molar-refractivity contribution in [1.82, 2.24) is 15.4 Å². The van der Waals surface area contributed by atoms with E-state index in [0.29, 0.717) is 19.0 Å². The summed E-state index contributed by atoms with van der Waals surface area (Å²) in [5.74, 6) is 1.40. The van der Waals surface area contributed by atoms with Gasteiger partial charge in [0.05, 0.1) is 4.90 Å². The van der Waals surface area contributed by atoms with Gasteiger partial charge in [0.25, 0.3) is 0 Å². The second-order valence-electron chi connectivity index (χ2n) is 7.89. The minimum atomic E-state index is -3.53. The van der Waals surface area contributed by atoms with Crippen LogP contribution in [-0.2, 0) is 16.6 Å². The van der Waals surface area contributed by atoms with Crippen LogP contribution in [0.2, 0.25) is 0 Å². The first-order valence-electron chi connectivity index (χ1n) is 9.88. The summed E-state index contributed by atoms with van der Waals surface area (Å²) in [4.78, 5) is 4.44. The Morgan fingerprint density at radius 3 is 2.30 bits per heavy atom. The average molecular weight is 433 g/mol. The summed E-state index contributed by atoms with van der Waals surface area (Å²) in [6.07, 6.45) is 0. The van der Waals surface area contributed by atoms with Gasteiger partial charge in [0.2, 0.25) is 10.0 Å². The number of nitrogens with one attached hydrogen (secondary N) is 3. The summed E-state index contributed by atoms with van der Waals surface area (Å²) in [6, 6.07) is 14.6. The largest absolute Gasteiger partial charge is 0.488 e. The Kier molecular flexibility index (Phi) is 8.25. The molecule has 0 saturated carbocycles. The molecule has 3 N–H and O–H groups in total. The van der Waals surface area contributed by atoms with Gasteiger partial charge in [0, 0.05) is 32.2 Å². The number of sulfonamides is 1. The van der Waals surface area contributed by atoms with Crippen LogP contribution in [0.4, 0.5) is 0 Å². The lowest BCUT2D eigenvalue weighted by molar-refractivity contribution is 0.129. The summed E-state index contributed by atoms with van der Waals surface area (Å²) in [6.45, 7) is 9.10. The molecule has 0 radical (unpaired) electrons. The Morgan fingerprint density at radius 1 is 1.00 bits per heavy atom. The molecule has 8 heteroatoms. The normalized spacial score (nSPS) is 12.5. The molecule has 2 aromatic carbocycles. The quantitative estimate of drug-likeness (QED) is 0.339. The third kappa shape index (κ3) is 7.68. The molecule has 0 fully saturated rings. The SMILES string of the molecule is CN=C(NCCNS(=O)(=O)c1ccc(C)cc1)NCc1ccccc1OC(C)(C)C. The standard InChI is InChI=1S/C22H32N4O3S/c1-17-10-12-19(13-11-17)30(27,28)26-15-14-24-21(23-5)25-16-18-8-6-7-9-20(18)29-22(2,3)4/h6-13,26H,14-16H2,1-5H3,(H2,23,24,25). The molecule has 2 rings (SSSR count). The van der Waals surface area contributed by atoms with Crippen molar-refractivity contribution in [3.8, 4) is 5.75 Å². The maximum atomic E-state index is 12.3. The van der Waals surface area contributed by atoms with Gasteiger partial charge in [-0.15, -0.1) is 0 Å². The van der Waals surface area contributed by atoms with Crippen molar-refractivity contribution < 1.29 is 13.2 Å². The summed E-state index contributed by atoms with van der Waals surface area (Å²) in [5, 5.41) is 6.34. The van der Waals surface area contributed by atoms with E-state index in [-0.39, 0.29) is 17.0 Å². The van der Waals surface area contributed by atoms with Crippen LogP contribution in [0, 0.1) is 6.92 Å². The third-order valence-electron chi connectivity index (χ3n) is 4.10. The van der Waals surface area contributed by atoms with E-state index in [1.807, 2.05) is 52.0 Å². The van der Waals surface area contributed by atoms with Gasteiger partial charge in [-0.1, -0.05) is 35.9 Å². The Morgan fingerprint density at radius 2 is 1.67 bits per heavy atom. The van der Waals surface area contributed by atoms with Crippen molar-refractivity contribution in [2.75, 3.05) is 20.1 Å². The number of nitrogens with zero attached hydrogens (tertiary/aromatic N) is 1. The molecule has 0 aliphatic rings. The van der Waals surface area contributed by atoms with Crippen molar-refractivity contribution in [2.45, 2.75) is 44.7 Å². The number of ether oxygens (including phenoxy) is 1. The lowest BCUT2D eigenvalue weighted by atomic mass is 10.1. The molecule has 0 bridgehead atoms. The highest BCUT2D eigenvalue weighted by molar-refractivity contribution is 7.89. The molecule has 30 heavy (non-hydrogen) atoms. The minimum absolute atomic E-state index is 0.237. The molecular weight excluding hydrogens is 400 g/mol. The second-order valence-corrected chi connectivity index (χ2v) is 9.65. The molecule has 0 aliphatic heterocycles. The van der Waals surface area contributed by atoms with Crippen LogP contribution in [-0.4, -0.2) is 40.1 Å². The van der Waals surface area contributed by atoms with Gasteiger partial charge in [0.15, 0.2) is 5.96 Å². The molecule has 164 valence electrons. The van der Waals surface area contributed by atoms with Crippen LogP contribution >= 0.6 is 0 Å². The highest BCUT2D eigenvalue weighted by atomic mass is 32.2. The van der Waals surface area contributed by atoms with E-state index in [4.69, 9.17) is 4.74 Å². The Balaban J connectivity index is 1.84. The second kappa shape index (κ2) is 10.4. The monoisotopic (exact) mass is 432 g/mol. The fraction of sp³-hybridized carbons (Fsp3) is 0.409. The van der Waals surface area contributed by atoms with E-state index in [2.05, 4.69) is 20.3 Å². The lowest BCUT2D eigenvalue weighted by Gasteiger charge is -2.23. The van der Waals surface area contributed by atoms with Gasteiger partial charge >= 0.3 is 0 Å². The van der Waals surface area contributed by atoms with Gasteiger partial charge in [-0.25, -0.2) is 13.1 Å². The van der Waals surface area contributed by atoms with Crippen molar-refractivity contribution in [2.24, 2.45) is 4.99 Å². The number of aryl methyl sites for hydroxylation is 1. The minimum Gasteiger partial charge on any atom is -0.488 e. The number of para-hydroxylation sites is 1. The molecule has 0 amide bonds. The Hall–Kier alpha value is -2.58. The summed E-state index contributed by atoms with van der Waals surface area (Å²) >= 11 is 0. The van der Waals surface area contributed by atoms with E-state index >= 15 is 0 Å². The number of benzene rings is 2. The van der Waals surface area contributed by atoms with Crippen LogP contribution < -0.4 is 20.1 Å². The fourth-order valence-electron chi connectivity index (χ4n) is 2.65. The summed E-state index contributed by atoms with van der Waals surface area (Å²) in [7, 11) is -1.86. The average Bonchev–Trinajstić information content (AvgIpc) is 2.67. The first-order valence-corrected chi connectivity index (χ1v) is 11.4. The van der Waals surface area contributed by atoms with Crippen LogP contribution in [0.3, 0.4) is 0 Å². The number of hydrogen-bond donors (Lipinski definition) is 3. The zero-order valence-corrected chi connectivity index (χ0v) is 19.1. The molecule has 7 nitrogen and oxygen atoms in total. The predicted molar refractivity (Wildman–Crippen MR) is 121 cm³/mol. The molecule has 0 saturated heterocycles. The summed E-state index contributed by atoms with van der Waals surface area (Å²) in [5.41, 5.74) is 1.74. The highest BCUT2D eigenvalue weighted by Crippen LogP contribution is 2.22. The third-order valence-corrected chi connectivity index (χ3v) is 5.58. The number of guanidine groups is 1. The van der Waals surface area contributed by atoms with E-state index in [1.165, 1.54) is 0 Å². The van der Waals surface area contributed by atoms with Crippen molar-refractivity contribution in [1.29, 1.82) is 0 Å². The topological polar surface area (TPSA) is 91.8 Å². The van der Waals surface area contributed by atoms with Gasteiger partial charge in [-0.2, -0.15) is 0 Å². The van der Waals surface area contributed by atoms with Gasteiger partial charge < -0.3 is 15.4 Å². The molecule has 0 spiro atoms. The first-order chi connectivity index (χ1) is 14.1. The van der Waals surface area contributed by atoms with Crippen LogP contribution in [0.15, 0.2) is 58.4 Å². The lowest BCUT2D eigenvalue weighted by Crippen LogP contribution is -2.41. The first kappa shape index (κ1) is 23.7. The zero-order valence-electron chi connectivity index (χ0n) is 18.3. The van der Waals surface area contributed by atoms with Crippen molar-refractivity contribution in [3.63, 3.8) is 0 Å². The molecular formula is C22H32N4O3S. The van der Waals surface area contributed by atoms with Crippen LogP contribution in [0.5, 0.6) is 5.75 Å². The van der Waals surface area contributed by atoms with E-state index in [0.717, 1.165) is 16.9 Å². The van der Waals surface area contributed by atoms with Crippen LogP contribution in [0.1, 0.15) is 31.9 Å². The Bertz CT molecular complexity index is 949. The predicted octanol–water partition coefficient (Wildman–Crippen LogP) is 2.82. The molecule has 0 heterocycles. The van der Waals surface area contributed by atoms with Crippen molar-refractivity contribution >= 4 is 16.0 Å². The zero-order chi connectivity index (χ0) is 22.2. The number of hydrogen-bond acceptors (Lipinski definition) is 4. The van der Waals surface area contributed by atoms with E-state index in [1.54, 1.807) is 31.3 Å². The molecule has 0 atom stereocenters. The fourth-order valence-corrected chi connectivity index (χ4v) is 3.68. The maximum absolute atomic E-state index is 12.3. The molecule has 2 aromatic rings. The van der Waals surface area contributed by atoms with Gasteiger partial charge in [0.1, 0.15) is 11.4 Å². The van der Waals surface area contributed by atoms with Crippen molar-refractivity contribution in [3.05, 3.63) is 59.7 Å². The van der Waals surface area contributed by atoms with E-state index in [9.17, 15) is 8.42 Å². The molecule has 0 unspecified atom stereocenters. The number of rotatable bonds is 8. The van der Waals surface area contributed by atoms with Crippen LogP contribution in [0.25, 0.3) is 0 Å².